The average molecular weight is 261 g/mol. The molecule has 0 amide bonds. The van der Waals surface area contributed by atoms with Crippen LogP contribution >= 0.6 is 12.2 Å². The fourth-order valence-corrected chi connectivity index (χ4v) is 2.39. The summed E-state index contributed by atoms with van der Waals surface area (Å²) in [4.78, 5) is 0. The summed E-state index contributed by atoms with van der Waals surface area (Å²) in [6.45, 7) is 2.83. The highest BCUT2D eigenvalue weighted by atomic mass is 32.1. The van der Waals surface area contributed by atoms with Crippen molar-refractivity contribution in [2.45, 2.75) is 32.6 Å². The number of fused-ring (bicyclic) bond motifs is 1. The van der Waals surface area contributed by atoms with Crippen LogP contribution in [-0.2, 0) is 6.42 Å². The van der Waals surface area contributed by atoms with E-state index in [1.54, 1.807) is 0 Å². The third kappa shape index (κ3) is 3.29. The minimum absolute atomic E-state index is 0.590. The molecule has 0 spiro atoms. The molecule has 0 aromatic heterocycles. The summed E-state index contributed by atoms with van der Waals surface area (Å²) in [7, 11) is 0. The maximum absolute atomic E-state index is 5.12. The Balaban J connectivity index is 2.17. The summed E-state index contributed by atoms with van der Waals surface area (Å²) >= 11 is 5.12. The van der Waals surface area contributed by atoms with Gasteiger partial charge in [0.05, 0.1) is 5.71 Å². The van der Waals surface area contributed by atoms with Gasteiger partial charge in [0.1, 0.15) is 0 Å². The van der Waals surface area contributed by atoms with Gasteiger partial charge in [-0.15, -0.1) is 0 Å². The number of thiocarbonyl (C=S) groups is 1. The van der Waals surface area contributed by atoms with Crippen LogP contribution < -0.4 is 10.7 Å². The number of aryl methyl sites for hydroxylation is 1. The SMILES string of the molecule is CCNC(=S)N/N=C1/CCCCc2ccccc21. The molecule has 0 bridgehead atoms. The van der Waals surface area contributed by atoms with Crippen molar-refractivity contribution in [3.63, 3.8) is 0 Å². The van der Waals surface area contributed by atoms with E-state index in [9.17, 15) is 0 Å². The Kier molecular flexibility index (Phi) is 4.70. The molecule has 0 heterocycles. The monoisotopic (exact) mass is 261 g/mol. The Hall–Kier alpha value is -1.42. The van der Waals surface area contributed by atoms with E-state index in [4.69, 9.17) is 12.2 Å². The second-order valence-corrected chi connectivity index (χ2v) is 4.80. The van der Waals surface area contributed by atoms with Gasteiger partial charge in [0.15, 0.2) is 5.11 Å². The van der Waals surface area contributed by atoms with Gasteiger partial charge in [0.2, 0.25) is 0 Å². The lowest BCUT2D eigenvalue weighted by atomic mass is 10.0. The molecule has 0 saturated heterocycles. The predicted molar refractivity (Wildman–Crippen MR) is 79.9 cm³/mol. The van der Waals surface area contributed by atoms with Crippen LogP contribution in [0.25, 0.3) is 0 Å². The minimum atomic E-state index is 0.590. The standard InChI is InChI=1S/C14H19N3S/c1-2-15-14(18)17-16-13-10-6-4-8-11-7-3-5-9-12(11)13/h3,5,7,9H,2,4,6,8,10H2,1H3,(H2,15,17,18)/b16-13-. The molecule has 1 aromatic carbocycles. The molecule has 2 rings (SSSR count). The highest BCUT2D eigenvalue weighted by molar-refractivity contribution is 7.80. The molecule has 18 heavy (non-hydrogen) atoms. The highest BCUT2D eigenvalue weighted by Crippen LogP contribution is 2.20. The topological polar surface area (TPSA) is 36.4 Å². The zero-order valence-corrected chi connectivity index (χ0v) is 11.5. The van der Waals surface area contributed by atoms with Crippen LogP contribution in [0.5, 0.6) is 0 Å². The quantitative estimate of drug-likeness (QED) is 0.488. The van der Waals surface area contributed by atoms with Gasteiger partial charge >= 0.3 is 0 Å². The van der Waals surface area contributed by atoms with Gasteiger partial charge in [-0.1, -0.05) is 24.3 Å². The summed E-state index contributed by atoms with van der Waals surface area (Å²) in [6.07, 6.45) is 4.57. The molecule has 96 valence electrons. The van der Waals surface area contributed by atoms with Crippen molar-refractivity contribution in [1.29, 1.82) is 0 Å². The normalized spacial score (nSPS) is 16.8. The van der Waals surface area contributed by atoms with E-state index in [2.05, 4.69) is 40.1 Å². The van der Waals surface area contributed by atoms with Crippen LogP contribution in [0.1, 0.15) is 37.3 Å². The molecular weight excluding hydrogens is 242 g/mol. The van der Waals surface area contributed by atoms with Crippen LogP contribution in [0.4, 0.5) is 0 Å². The second-order valence-electron chi connectivity index (χ2n) is 4.39. The lowest BCUT2D eigenvalue weighted by Gasteiger charge is -2.09. The molecule has 0 atom stereocenters. The third-order valence-corrected chi connectivity index (χ3v) is 3.30. The minimum Gasteiger partial charge on any atom is -0.362 e. The Morgan fingerprint density at radius 2 is 2.06 bits per heavy atom. The van der Waals surface area contributed by atoms with Crippen LogP contribution in [-0.4, -0.2) is 17.4 Å². The van der Waals surface area contributed by atoms with Gasteiger partial charge in [-0.25, -0.2) is 0 Å². The lowest BCUT2D eigenvalue weighted by Crippen LogP contribution is -2.32. The first-order valence-electron chi connectivity index (χ1n) is 6.50. The number of hydrazone groups is 1. The van der Waals surface area contributed by atoms with Gasteiger partial charge in [-0.2, -0.15) is 5.10 Å². The van der Waals surface area contributed by atoms with Gasteiger partial charge in [0.25, 0.3) is 0 Å². The molecule has 0 radical (unpaired) electrons. The Bertz CT molecular complexity index is 454. The highest BCUT2D eigenvalue weighted by Gasteiger charge is 2.13. The number of benzene rings is 1. The lowest BCUT2D eigenvalue weighted by molar-refractivity contribution is 0.773. The number of hydrogen-bond donors (Lipinski definition) is 2. The number of rotatable bonds is 2. The average Bonchev–Trinajstić information content (AvgIpc) is 2.59. The van der Waals surface area contributed by atoms with E-state index < -0.39 is 0 Å². The van der Waals surface area contributed by atoms with Crippen molar-refractivity contribution in [2.75, 3.05) is 6.54 Å². The van der Waals surface area contributed by atoms with Gasteiger partial charge in [0, 0.05) is 12.1 Å². The zero-order chi connectivity index (χ0) is 12.8. The fourth-order valence-electron chi connectivity index (χ4n) is 2.20. The largest absolute Gasteiger partial charge is 0.362 e. The summed E-state index contributed by atoms with van der Waals surface area (Å²) in [5.74, 6) is 0. The first kappa shape index (κ1) is 13.0. The molecule has 1 aliphatic rings. The molecule has 0 unspecified atom stereocenters. The molecule has 1 aromatic rings. The van der Waals surface area contributed by atoms with Crippen molar-refractivity contribution in [2.24, 2.45) is 5.10 Å². The van der Waals surface area contributed by atoms with Crippen molar-refractivity contribution >= 4 is 23.0 Å². The molecule has 0 saturated carbocycles. The maximum Gasteiger partial charge on any atom is 0.186 e. The molecule has 0 fully saturated rings. The smallest absolute Gasteiger partial charge is 0.186 e. The first-order chi connectivity index (χ1) is 8.81. The van der Waals surface area contributed by atoms with Gasteiger partial charge in [-0.05, 0) is 50.4 Å². The number of hydrogen-bond acceptors (Lipinski definition) is 2. The summed E-state index contributed by atoms with van der Waals surface area (Å²) in [5, 5.41) is 8.09. The number of nitrogens with zero attached hydrogens (tertiary/aromatic N) is 1. The molecule has 1 aliphatic carbocycles. The van der Waals surface area contributed by atoms with Crippen LogP contribution in [0, 0.1) is 0 Å². The van der Waals surface area contributed by atoms with E-state index in [-0.39, 0.29) is 0 Å². The fraction of sp³-hybridized carbons (Fsp3) is 0.429. The Morgan fingerprint density at radius 3 is 2.89 bits per heavy atom. The third-order valence-electron chi connectivity index (χ3n) is 3.07. The van der Waals surface area contributed by atoms with E-state index in [1.807, 2.05) is 6.92 Å². The van der Waals surface area contributed by atoms with E-state index in [0.717, 1.165) is 25.1 Å². The first-order valence-corrected chi connectivity index (χ1v) is 6.90. The Morgan fingerprint density at radius 1 is 1.28 bits per heavy atom. The van der Waals surface area contributed by atoms with Crippen LogP contribution in [0.3, 0.4) is 0 Å². The predicted octanol–water partition coefficient (Wildman–Crippen LogP) is 2.60. The summed E-state index contributed by atoms with van der Waals surface area (Å²) in [5.41, 5.74) is 6.70. The maximum atomic E-state index is 5.12. The van der Waals surface area contributed by atoms with E-state index >= 15 is 0 Å². The Labute approximate surface area is 114 Å². The van der Waals surface area contributed by atoms with Crippen molar-refractivity contribution in [3.05, 3.63) is 35.4 Å². The zero-order valence-electron chi connectivity index (χ0n) is 10.7. The molecule has 4 heteroatoms. The van der Waals surface area contributed by atoms with Gasteiger partial charge in [-0.3, -0.25) is 5.43 Å². The van der Waals surface area contributed by atoms with Crippen molar-refractivity contribution < 1.29 is 0 Å². The summed E-state index contributed by atoms with van der Waals surface area (Å²) < 4.78 is 0. The van der Waals surface area contributed by atoms with E-state index in [0.29, 0.717) is 5.11 Å². The van der Waals surface area contributed by atoms with E-state index in [1.165, 1.54) is 24.0 Å². The number of nitrogens with one attached hydrogen (secondary N) is 2. The second kappa shape index (κ2) is 6.50. The van der Waals surface area contributed by atoms with Crippen LogP contribution in [0.2, 0.25) is 0 Å². The van der Waals surface area contributed by atoms with Crippen molar-refractivity contribution in [1.82, 2.24) is 10.7 Å². The molecule has 3 nitrogen and oxygen atoms in total. The molecule has 0 aliphatic heterocycles. The van der Waals surface area contributed by atoms with Crippen molar-refractivity contribution in [3.8, 4) is 0 Å². The van der Waals surface area contributed by atoms with Crippen LogP contribution in [0.15, 0.2) is 29.4 Å². The molecule has 2 N–H and O–H groups in total. The van der Waals surface area contributed by atoms with Gasteiger partial charge < -0.3 is 5.32 Å². The summed E-state index contributed by atoms with van der Waals surface area (Å²) in [6, 6.07) is 8.51. The molecular formula is C14H19N3S.